The Morgan fingerprint density at radius 1 is 0.348 bits per heavy atom. The molecule has 0 heterocycles. The van der Waals surface area contributed by atoms with Gasteiger partial charge in [-0.2, -0.15) is 0 Å². The Morgan fingerprint density at radius 3 is 1.09 bits per heavy atom. The van der Waals surface area contributed by atoms with Crippen molar-refractivity contribution in [3.05, 3.63) is 97.2 Å². The zero-order valence-electron chi connectivity index (χ0n) is 43.4. The summed E-state index contributed by atoms with van der Waals surface area (Å²) < 4.78 is 17.4. The smallest absolute Gasteiger partial charge is 0.306 e. The molecule has 0 aromatic rings. The summed E-state index contributed by atoms with van der Waals surface area (Å²) in [6.45, 7) is 7.53. The largest absolute Gasteiger partial charge is 0.462 e. The van der Waals surface area contributed by atoms with Crippen LogP contribution in [-0.4, -0.2) is 37.9 Å². The second kappa shape index (κ2) is 56.1. The van der Waals surface area contributed by atoms with Crippen LogP contribution in [0.2, 0.25) is 0 Å². The van der Waals surface area contributed by atoms with Crippen LogP contribution in [0.25, 0.3) is 0 Å². The minimum absolute atomic E-state index is 0.0655. The van der Waals surface area contributed by atoms with Crippen molar-refractivity contribution in [3.63, 3.8) is 0 Å². The van der Waals surface area contributed by atoms with Gasteiger partial charge in [-0.15, -0.1) is 0 Å². The van der Waals surface area contributed by atoms with Crippen molar-refractivity contribution >= 4 is 11.9 Å². The van der Waals surface area contributed by atoms with Crippen molar-refractivity contribution in [2.75, 3.05) is 19.8 Å². The van der Waals surface area contributed by atoms with E-state index in [0.717, 1.165) is 109 Å². The van der Waals surface area contributed by atoms with Crippen molar-refractivity contribution in [1.82, 2.24) is 0 Å². The lowest BCUT2D eigenvalue weighted by molar-refractivity contribution is -0.163. The van der Waals surface area contributed by atoms with E-state index in [-0.39, 0.29) is 25.2 Å². The van der Waals surface area contributed by atoms with Gasteiger partial charge in [-0.05, 0) is 116 Å². The molecule has 0 bridgehead atoms. The molecular formula is C61H104O5. The zero-order valence-corrected chi connectivity index (χ0v) is 43.4. The standard InChI is InChI=1S/C61H104O5/c1-4-7-10-13-16-19-22-25-28-30-31-33-34-36-39-42-45-48-51-54-60(62)65-58-59(57-64-56-53-50-47-44-41-38-27-24-21-18-15-12-9-6-3)66-61(63)55-52-49-46-43-40-37-35-32-29-26-23-20-17-14-11-8-5-2/h8-9,11-12,16-21,25-29,38,59H,4-7,10,13-15,22-24,30-37,39-58H2,1-3H3/b11-8-,12-9-,19-16-,20-17-,21-18-,28-25-,29-26-,38-27-. The SMILES string of the molecule is CC/C=C\C/C=C\C/C=C\CCCCCCCCCC(=O)OC(COCCCCCC/C=C\C/C=C\C/C=C\CC)COC(=O)CCCCCCCCCCC/C=C\C/C=C\CCCCC. The van der Waals surface area contributed by atoms with Crippen LogP contribution in [0.3, 0.4) is 0 Å². The molecule has 5 heteroatoms. The second-order valence-corrected chi connectivity index (χ2v) is 18.1. The van der Waals surface area contributed by atoms with Gasteiger partial charge in [0.05, 0.1) is 6.61 Å². The minimum Gasteiger partial charge on any atom is -0.462 e. The molecule has 0 spiro atoms. The van der Waals surface area contributed by atoms with Gasteiger partial charge in [-0.1, -0.05) is 221 Å². The number of hydrogen-bond donors (Lipinski definition) is 0. The third-order valence-corrected chi connectivity index (χ3v) is 11.6. The second-order valence-electron chi connectivity index (χ2n) is 18.1. The van der Waals surface area contributed by atoms with Crippen molar-refractivity contribution in [3.8, 4) is 0 Å². The van der Waals surface area contributed by atoms with Crippen LogP contribution in [0.4, 0.5) is 0 Å². The lowest BCUT2D eigenvalue weighted by Gasteiger charge is -2.18. The van der Waals surface area contributed by atoms with E-state index in [1.54, 1.807) is 0 Å². The van der Waals surface area contributed by atoms with Gasteiger partial charge in [0.25, 0.3) is 0 Å². The van der Waals surface area contributed by atoms with Crippen molar-refractivity contribution < 1.29 is 23.8 Å². The van der Waals surface area contributed by atoms with Gasteiger partial charge < -0.3 is 14.2 Å². The number of ether oxygens (including phenoxy) is 3. The quantitative estimate of drug-likeness (QED) is 0.0346. The Bertz CT molecular complexity index is 1270. The highest BCUT2D eigenvalue weighted by Crippen LogP contribution is 2.14. The number of carbonyl (C=O) groups excluding carboxylic acids is 2. The molecule has 66 heavy (non-hydrogen) atoms. The number of carbonyl (C=O) groups is 2. The van der Waals surface area contributed by atoms with Gasteiger partial charge >= 0.3 is 11.9 Å². The van der Waals surface area contributed by atoms with Crippen molar-refractivity contribution in [2.45, 2.75) is 258 Å². The Kier molecular flexibility index (Phi) is 53.4. The summed E-state index contributed by atoms with van der Waals surface area (Å²) >= 11 is 0. The zero-order chi connectivity index (χ0) is 47.7. The number of hydrogen-bond acceptors (Lipinski definition) is 5. The van der Waals surface area contributed by atoms with Crippen LogP contribution in [0.15, 0.2) is 97.2 Å². The number of allylic oxidation sites excluding steroid dienone is 16. The fourth-order valence-electron chi connectivity index (χ4n) is 7.51. The van der Waals surface area contributed by atoms with E-state index in [1.165, 1.54) is 109 Å². The maximum Gasteiger partial charge on any atom is 0.306 e. The monoisotopic (exact) mass is 917 g/mol. The highest BCUT2D eigenvalue weighted by Gasteiger charge is 2.17. The first kappa shape index (κ1) is 62.8. The molecule has 0 saturated heterocycles. The molecule has 1 atom stereocenters. The van der Waals surface area contributed by atoms with Crippen LogP contribution < -0.4 is 0 Å². The van der Waals surface area contributed by atoms with Gasteiger partial charge in [-0.25, -0.2) is 0 Å². The molecule has 0 aliphatic rings. The lowest BCUT2D eigenvalue weighted by atomic mass is 10.1. The van der Waals surface area contributed by atoms with Crippen LogP contribution in [0.1, 0.15) is 252 Å². The lowest BCUT2D eigenvalue weighted by Crippen LogP contribution is -2.30. The first-order valence-electron chi connectivity index (χ1n) is 27.8. The van der Waals surface area contributed by atoms with Gasteiger partial charge in [0.15, 0.2) is 6.10 Å². The van der Waals surface area contributed by atoms with Gasteiger partial charge in [-0.3, -0.25) is 9.59 Å². The predicted octanol–water partition coefficient (Wildman–Crippen LogP) is 19.0. The van der Waals surface area contributed by atoms with E-state index in [1.807, 2.05) is 0 Å². The number of esters is 2. The first-order valence-corrected chi connectivity index (χ1v) is 27.8. The summed E-state index contributed by atoms with van der Waals surface area (Å²) in [5.74, 6) is -0.426. The summed E-state index contributed by atoms with van der Waals surface area (Å²) in [4.78, 5) is 25.5. The van der Waals surface area contributed by atoms with Crippen LogP contribution in [0, 0.1) is 0 Å². The summed E-state index contributed by atoms with van der Waals surface area (Å²) in [6.07, 6.45) is 75.6. The van der Waals surface area contributed by atoms with Gasteiger partial charge in [0.2, 0.25) is 0 Å². The summed E-state index contributed by atoms with van der Waals surface area (Å²) in [5, 5.41) is 0. The molecule has 1 unspecified atom stereocenters. The van der Waals surface area contributed by atoms with E-state index in [0.29, 0.717) is 19.4 Å². The fourth-order valence-corrected chi connectivity index (χ4v) is 7.51. The molecule has 0 aromatic carbocycles. The molecule has 0 N–H and O–H groups in total. The third kappa shape index (κ3) is 53.4. The normalized spacial score (nSPS) is 13.0. The molecule has 0 aliphatic heterocycles. The van der Waals surface area contributed by atoms with Crippen molar-refractivity contribution in [1.29, 1.82) is 0 Å². The molecule has 0 fully saturated rings. The highest BCUT2D eigenvalue weighted by molar-refractivity contribution is 5.70. The van der Waals surface area contributed by atoms with Gasteiger partial charge in [0.1, 0.15) is 6.61 Å². The van der Waals surface area contributed by atoms with E-state index in [4.69, 9.17) is 14.2 Å². The summed E-state index contributed by atoms with van der Waals surface area (Å²) in [5.41, 5.74) is 0. The van der Waals surface area contributed by atoms with E-state index in [9.17, 15) is 9.59 Å². The predicted molar refractivity (Wildman–Crippen MR) is 288 cm³/mol. The molecule has 0 rings (SSSR count). The van der Waals surface area contributed by atoms with E-state index >= 15 is 0 Å². The number of rotatable bonds is 50. The molecule has 0 aromatic heterocycles. The fraction of sp³-hybridized carbons (Fsp3) is 0.705. The van der Waals surface area contributed by atoms with E-state index < -0.39 is 6.10 Å². The number of unbranched alkanes of at least 4 members (excludes halogenated alkanes) is 23. The van der Waals surface area contributed by atoms with Crippen molar-refractivity contribution in [2.24, 2.45) is 0 Å². The van der Waals surface area contributed by atoms with Crippen LogP contribution in [0.5, 0.6) is 0 Å². The Labute approximate surface area is 409 Å². The molecule has 0 saturated carbocycles. The third-order valence-electron chi connectivity index (χ3n) is 11.6. The molecule has 5 nitrogen and oxygen atoms in total. The summed E-state index contributed by atoms with van der Waals surface area (Å²) in [6, 6.07) is 0. The average molecular weight is 917 g/mol. The first-order chi connectivity index (χ1) is 32.6. The van der Waals surface area contributed by atoms with E-state index in [2.05, 4.69) is 118 Å². The molecule has 0 amide bonds. The van der Waals surface area contributed by atoms with Crippen LogP contribution in [-0.2, 0) is 23.8 Å². The maximum absolute atomic E-state index is 12.8. The highest BCUT2D eigenvalue weighted by atomic mass is 16.6. The van der Waals surface area contributed by atoms with Crippen LogP contribution >= 0.6 is 0 Å². The molecule has 0 aliphatic carbocycles. The topological polar surface area (TPSA) is 61.8 Å². The Hall–Kier alpha value is -3.18. The molecular weight excluding hydrogens is 813 g/mol. The van der Waals surface area contributed by atoms with Gasteiger partial charge in [0, 0.05) is 19.4 Å². The molecule has 378 valence electrons. The average Bonchev–Trinajstić information content (AvgIpc) is 3.32. The summed E-state index contributed by atoms with van der Waals surface area (Å²) in [7, 11) is 0. The minimum atomic E-state index is -0.561. The molecule has 0 radical (unpaired) electrons. The Morgan fingerprint density at radius 2 is 0.682 bits per heavy atom. The maximum atomic E-state index is 12.8. The Balaban J connectivity index is 4.31.